The molecule has 0 aliphatic rings. The van der Waals surface area contributed by atoms with Crippen molar-refractivity contribution in [2.45, 2.75) is 6.92 Å². The molecule has 0 aliphatic carbocycles. The average Bonchev–Trinajstić information content (AvgIpc) is 1.60. The summed E-state index contributed by atoms with van der Waals surface area (Å²) in [5.41, 5.74) is -0.303. The van der Waals surface area contributed by atoms with Crippen LogP contribution in [0.1, 0.15) is 6.92 Å². The third kappa shape index (κ3) is 4.04. The number of hydrogen-bond donors (Lipinski definition) is 2. The molecule has 0 radical (unpaired) electrons. The van der Waals surface area contributed by atoms with Crippen LogP contribution in [0.25, 0.3) is 0 Å². The molecule has 0 bridgehead atoms. The van der Waals surface area contributed by atoms with Crippen LogP contribution in [0.15, 0.2) is 11.0 Å². The Balaban J connectivity index is 4.66. The van der Waals surface area contributed by atoms with Crippen LogP contribution in [-0.4, -0.2) is 19.5 Å². The maximum atomic E-state index is 10.2. The predicted octanol–water partition coefficient (Wildman–Crippen LogP) is -0.737. The normalized spacial score (nSPS) is 13.2. The Kier molecular flexibility index (Phi) is 2.56. The largest absolute Gasteiger partial charge is 0.478 e. The summed E-state index contributed by atoms with van der Waals surface area (Å²) in [6.45, 7) is 1.15. The minimum Gasteiger partial charge on any atom is -0.478 e. The number of aliphatic carboxylic acids is 1. The van der Waals surface area contributed by atoms with Crippen LogP contribution in [0.4, 0.5) is 0 Å². The molecule has 0 atom stereocenters. The third-order valence-electron chi connectivity index (χ3n) is 0.678. The van der Waals surface area contributed by atoms with E-state index in [9.17, 15) is 13.2 Å². The molecule has 6 heteroatoms. The van der Waals surface area contributed by atoms with Gasteiger partial charge in [-0.15, -0.1) is 0 Å². The van der Waals surface area contributed by atoms with E-state index in [4.69, 9.17) is 5.11 Å². The highest BCUT2D eigenvalue weighted by Crippen LogP contribution is 1.93. The van der Waals surface area contributed by atoms with Gasteiger partial charge in [0.15, 0.2) is 0 Å². The summed E-state index contributed by atoms with van der Waals surface area (Å²) in [7, 11) is -3.81. The topological polar surface area (TPSA) is 97.5 Å². The molecule has 0 aromatic carbocycles. The Labute approximate surface area is 58.2 Å². The molecule has 5 nitrogen and oxygen atoms in total. The van der Waals surface area contributed by atoms with Gasteiger partial charge in [0.1, 0.15) is 0 Å². The quantitative estimate of drug-likeness (QED) is 0.527. The van der Waals surface area contributed by atoms with Gasteiger partial charge in [0, 0.05) is 5.57 Å². The fourth-order valence-electron chi connectivity index (χ4n) is 0.297. The summed E-state index contributed by atoms with van der Waals surface area (Å²) < 4.78 is 20.4. The van der Waals surface area contributed by atoms with Gasteiger partial charge in [-0.1, -0.05) is 0 Å². The molecule has 3 N–H and O–H groups in total. The summed E-state index contributed by atoms with van der Waals surface area (Å²) in [4.78, 5) is 9.99. The van der Waals surface area contributed by atoms with Crippen LogP contribution < -0.4 is 5.14 Å². The molecule has 0 unspecified atom stereocenters. The number of rotatable bonds is 2. The highest BCUT2D eigenvalue weighted by Gasteiger charge is 2.03. The molecule has 0 aliphatic heterocycles. The van der Waals surface area contributed by atoms with Crippen molar-refractivity contribution in [3.8, 4) is 0 Å². The molecule has 58 valence electrons. The second-order valence-corrected chi connectivity index (χ2v) is 3.11. The van der Waals surface area contributed by atoms with Crippen molar-refractivity contribution < 1.29 is 18.3 Å². The fraction of sp³-hybridized carbons (Fsp3) is 0.250. The van der Waals surface area contributed by atoms with Crippen molar-refractivity contribution in [2.24, 2.45) is 5.14 Å². The number of sulfonamides is 1. The fourth-order valence-corrected chi connectivity index (χ4v) is 0.890. The van der Waals surface area contributed by atoms with E-state index in [0.29, 0.717) is 5.41 Å². The van der Waals surface area contributed by atoms with Crippen molar-refractivity contribution in [3.63, 3.8) is 0 Å². The first kappa shape index (κ1) is 9.12. The monoisotopic (exact) mass is 165 g/mol. The molecule has 0 aromatic rings. The number of carboxylic acids is 1. The molecule has 0 amide bonds. The lowest BCUT2D eigenvalue weighted by molar-refractivity contribution is -0.132. The molecule has 0 saturated heterocycles. The van der Waals surface area contributed by atoms with Crippen molar-refractivity contribution in [1.29, 1.82) is 0 Å². The van der Waals surface area contributed by atoms with Gasteiger partial charge in [-0.3, -0.25) is 0 Å². The van der Waals surface area contributed by atoms with E-state index in [-0.39, 0.29) is 5.57 Å². The van der Waals surface area contributed by atoms with E-state index in [0.717, 1.165) is 6.92 Å². The minimum absolute atomic E-state index is 0.303. The summed E-state index contributed by atoms with van der Waals surface area (Å²) in [5, 5.41) is 13.2. The van der Waals surface area contributed by atoms with Crippen molar-refractivity contribution in [2.75, 3.05) is 0 Å². The van der Waals surface area contributed by atoms with E-state index >= 15 is 0 Å². The van der Waals surface area contributed by atoms with Gasteiger partial charge < -0.3 is 5.11 Å². The smallest absolute Gasteiger partial charge is 0.332 e. The average molecular weight is 165 g/mol. The maximum Gasteiger partial charge on any atom is 0.332 e. The zero-order chi connectivity index (χ0) is 8.36. The second kappa shape index (κ2) is 2.80. The van der Waals surface area contributed by atoms with Crippen LogP contribution in [0.5, 0.6) is 0 Å². The van der Waals surface area contributed by atoms with Gasteiger partial charge in [-0.25, -0.2) is 18.4 Å². The first-order valence-electron chi connectivity index (χ1n) is 2.27. The number of hydrogen-bond acceptors (Lipinski definition) is 3. The molecule has 0 heterocycles. The van der Waals surface area contributed by atoms with Crippen LogP contribution in [0, 0.1) is 0 Å². The predicted molar refractivity (Wildman–Crippen MR) is 34.5 cm³/mol. The molecule has 0 spiro atoms. The number of carbonyl (C=O) groups is 1. The highest BCUT2D eigenvalue weighted by molar-refractivity contribution is 7.92. The van der Waals surface area contributed by atoms with Crippen LogP contribution in [0.3, 0.4) is 0 Å². The Hall–Kier alpha value is -0.880. The Morgan fingerprint density at radius 3 is 2.10 bits per heavy atom. The van der Waals surface area contributed by atoms with Gasteiger partial charge in [0.05, 0.1) is 5.41 Å². The van der Waals surface area contributed by atoms with Gasteiger partial charge in [0.2, 0.25) is 10.0 Å². The second-order valence-electron chi connectivity index (χ2n) is 1.70. The molecule has 0 fully saturated rings. The summed E-state index contributed by atoms with van der Waals surface area (Å²) in [5.74, 6) is -1.30. The zero-order valence-corrected chi connectivity index (χ0v) is 6.05. The van der Waals surface area contributed by atoms with Gasteiger partial charge >= 0.3 is 5.97 Å². The lowest BCUT2D eigenvalue weighted by Crippen LogP contribution is -2.10. The SMILES string of the molecule is CC(=CS(N)(=O)=O)C(=O)O. The molecular formula is C4H7NO4S. The molecule has 0 rings (SSSR count). The van der Waals surface area contributed by atoms with Crippen LogP contribution >= 0.6 is 0 Å². The van der Waals surface area contributed by atoms with E-state index in [1.807, 2.05) is 0 Å². The summed E-state index contributed by atoms with van der Waals surface area (Å²) >= 11 is 0. The summed E-state index contributed by atoms with van der Waals surface area (Å²) in [6, 6.07) is 0. The van der Waals surface area contributed by atoms with Crippen molar-refractivity contribution in [3.05, 3.63) is 11.0 Å². The van der Waals surface area contributed by atoms with E-state index in [1.165, 1.54) is 0 Å². The van der Waals surface area contributed by atoms with E-state index in [1.54, 1.807) is 0 Å². The van der Waals surface area contributed by atoms with Gasteiger partial charge in [0.25, 0.3) is 0 Å². The highest BCUT2D eigenvalue weighted by atomic mass is 32.2. The summed E-state index contributed by atoms with van der Waals surface area (Å²) in [6.07, 6.45) is 0. The molecule has 0 saturated carbocycles. The number of carboxylic acid groups (broad SMARTS) is 1. The first-order valence-corrected chi connectivity index (χ1v) is 3.88. The lowest BCUT2D eigenvalue weighted by Gasteiger charge is -1.89. The zero-order valence-electron chi connectivity index (χ0n) is 5.23. The lowest BCUT2D eigenvalue weighted by atomic mass is 10.4. The third-order valence-corrected chi connectivity index (χ3v) is 1.36. The number of primary sulfonamides is 1. The number of nitrogens with two attached hydrogens (primary N) is 1. The van der Waals surface area contributed by atoms with Crippen LogP contribution in [0.2, 0.25) is 0 Å². The Morgan fingerprint density at radius 1 is 1.60 bits per heavy atom. The van der Waals surface area contributed by atoms with Crippen molar-refractivity contribution >= 4 is 16.0 Å². The maximum absolute atomic E-state index is 10.2. The molecular weight excluding hydrogens is 158 g/mol. The molecule has 0 aromatic heterocycles. The Morgan fingerprint density at radius 2 is 2.00 bits per heavy atom. The van der Waals surface area contributed by atoms with Gasteiger partial charge in [-0.05, 0) is 6.92 Å². The van der Waals surface area contributed by atoms with E-state index in [2.05, 4.69) is 5.14 Å². The van der Waals surface area contributed by atoms with Crippen LogP contribution in [-0.2, 0) is 14.8 Å². The molecule has 10 heavy (non-hydrogen) atoms. The van der Waals surface area contributed by atoms with E-state index < -0.39 is 16.0 Å². The Bertz CT molecular complexity index is 263. The minimum atomic E-state index is -3.81. The van der Waals surface area contributed by atoms with Crippen molar-refractivity contribution in [1.82, 2.24) is 0 Å². The van der Waals surface area contributed by atoms with Gasteiger partial charge in [-0.2, -0.15) is 0 Å². The standard InChI is InChI=1S/C4H7NO4S/c1-3(4(6)7)2-10(5,8)9/h2H,1H3,(H,6,7)(H2,5,8,9). The first-order chi connectivity index (χ1) is 4.33.